The van der Waals surface area contributed by atoms with Gasteiger partial charge in [-0.15, -0.1) is 0 Å². The smallest absolute Gasteiger partial charge is 0.248 e. The van der Waals surface area contributed by atoms with Crippen molar-refractivity contribution in [3.63, 3.8) is 0 Å². The highest BCUT2D eigenvalue weighted by molar-refractivity contribution is 6.16. The molecule has 0 saturated heterocycles. The van der Waals surface area contributed by atoms with Gasteiger partial charge in [-0.2, -0.15) is 4.98 Å². The summed E-state index contributed by atoms with van der Waals surface area (Å²) in [6.07, 6.45) is 0.867. The van der Waals surface area contributed by atoms with E-state index in [1.54, 1.807) is 38.3 Å². The third-order valence-electron chi connectivity index (χ3n) is 7.06. The van der Waals surface area contributed by atoms with E-state index in [1.165, 1.54) is 24.3 Å². The largest absolute Gasteiger partial charge is 0.497 e. The maximum Gasteiger partial charge on any atom is 0.248 e. The van der Waals surface area contributed by atoms with E-state index in [0.717, 1.165) is 17.0 Å². The number of nitrogens with one attached hydrogen (secondary N) is 4. The van der Waals surface area contributed by atoms with Gasteiger partial charge < -0.3 is 30.7 Å². The Morgan fingerprint density at radius 3 is 2.17 bits per heavy atom. The standard InChI is InChI=1S/C30H27FN6O4/c1-17-33-26-25(32-16-18-15-23(40-2)11-12-24(18)37-26)27(34-17)41-22-9-7-21(8-10-22)36-29(39)30(13-14-30)28(38)35-20-5-3-19(31)4-6-20/h3-12,15,32H,13-14,16H2,1-2H3,(H,35,38)(H,36,39)(H,33,34,37). The molecule has 41 heavy (non-hydrogen) atoms. The van der Waals surface area contributed by atoms with Crippen LogP contribution < -0.4 is 30.7 Å². The first-order valence-corrected chi connectivity index (χ1v) is 13.1. The van der Waals surface area contributed by atoms with E-state index < -0.39 is 23.0 Å². The van der Waals surface area contributed by atoms with Crippen molar-refractivity contribution in [3.8, 4) is 17.4 Å². The molecular formula is C30H27FN6O4. The zero-order valence-corrected chi connectivity index (χ0v) is 22.4. The van der Waals surface area contributed by atoms with Crippen LogP contribution in [0.1, 0.15) is 24.2 Å². The molecule has 0 atom stereocenters. The second-order valence-corrected chi connectivity index (χ2v) is 9.92. The number of aromatic nitrogens is 2. The zero-order valence-electron chi connectivity index (χ0n) is 22.4. The molecule has 2 amide bonds. The summed E-state index contributed by atoms with van der Waals surface area (Å²) in [4.78, 5) is 34.9. The van der Waals surface area contributed by atoms with Crippen molar-refractivity contribution < 1.29 is 23.5 Å². The summed E-state index contributed by atoms with van der Waals surface area (Å²) in [7, 11) is 1.63. The molecule has 2 heterocycles. The molecule has 0 radical (unpaired) electrons. The van der Waals surface area contributed by atoms with Crippen LogP contribution in [0, 0.1) is 18.2 Å². The number of amides is 2. The molecule has 1 fully saturated rings. The summed E-state index contributed by atoms with van der Waals surface area (Å²) in [6, 6.07) is 18.0. The molecule has 4 N–H and O–H groups in total. The van der Waals surface area contributed by atoms with Crippen LogP contribution in [0.5, 0.6) is 17.4 Å². The van der Waals surface area contributed by atoms with Gasteiger partial charge in [0.05, 0.1) is 7.11 Å². The van der Waals surface area contributed by atoms with E-state index in [-0.39, 0.29) is 0 Å². The van der Waals surface area contributed by atoms with Gasteiger partial charge in [-0.3, -0.25) is 9.59 Å². The van der Waals surface area contributed by atoms with E-state index in [1.807, 2.05) is 18.2 Å². The van der Waals surface area contributed by atoms with Gasteiger partial charge in [0, 0.05) is 23.6 Å². The first-order valence-electron chi connectivity index (χ1n) is 13.1. The van der Waals surface area contributed by atoms with Gasteiger partial charge in [-0.25, -0.2) is 9.37 Å². The van der Waals surface area contributed by atoms with Crippen molar-refractivity contribution >= 4 is 40.4 Å². The number of aryl methyl sites for hydroxylation is 1. The Morgan fingerprint density at radius 1 is 0.902 bits per heavy atom. The maximum absolute atomic E-state index is 13.2. The molecule has 0 spiro atoms. The fraction of sp³-hybridized carbons (Fsp3) is 0.200. The van der Waals surface area contributed by atoms with Gasteiger partial charge in [-0.1, -0.05) is 0 Å². The van der Waals surface area contributed by atoms with Gasteiger partial charge in [0.1, 0.15) is 34.2 Å². The molecule has 1 aliphatic carbocycles. The molecule has 1 saturated carbocycles. The lowest BCUT2D eigenvalue weighted by Crippen LogP contribution is -2.35. The number of fused-ring (bicyclic) bond motifs is 2. The molecule has 4 aromatic rings. The summed E-state index contributed by atoms with van der Waals surface area (Å²) < 4.78 is 24.6. The van der Waals surface area contributed by atoms with Crippen LogP contribution >= 0.6 is 0 Å². The highest BCUT2D eigenvalue weighted by Crippen LogP contribution is 2.47. The quantitative estimate of drug-likeness (QED) is 0.213. The van der Waals surface area contributed by atoms with Gasteiger partial charge in [0.15, 0.2) is 5.82 Å². The lowest BCUT2D eigenvalue weighted by Gasteiger charge is -2.16. The van der Waals surface area contributed by atoms with E-state index in [2.05, 4.69) is 31.2 Å². The number of methoxy groups -OCH3 is 1. The van der Waals surface area contributed by atoms with Gasteiger partial charge in [0.25, 0.3) is 0 Å². The van der Waals surface area contributed by atoms with E-state index in [9.17, 15) is 14.0 Å². The minimum Gasteiger partial charge on any atom is -0.497 e. The van der Waals surface area contributed by atoms with Gasteiger partial charge >= 0.3 is 0 Å². The summed E-state index contributed by atoms with van der Waals surface area (Å²) >= 11 is 0. The maximum atomic E-state index is 13.2. The number of hydrogen-bond donors (Lipinski definition) is 4. The summed E-state index contributed by atoms with van der Waals surface area (Å²) in [5.74, 6) is 1.52. The molecule has 208 valence electrons. The summed E-state index contributed by atoms with van der Waals surface area (Å²) in [5.41, 5.74) is 2.32. The topological polar surface area (TPSA) is 126 Å². The average Bonchev–Trinajstić information content (AvgIpc) is 3.79. The van der Waals surface area contributed by atoms with Crippen LogP contribution in [0.2, 0.25) is 0 Å². The van der Waals surface area contributed by atoms with E-state index in [4.69, 9.17) is 9.47 Å². The third kappa shape index (κ3) is 5.33. The lowest BCUT2D eigenvalue weighted by atomic mass is 10.0. The van der Waals surface area contributed by atoms with Crippen LogP contribution in [0.4, 0.5) is 33.0 Å². The summed E-state index contributed by atoms with van der Waals surface area (Å²) in [5, 5.41) is 12.2. The number of ether oxygens (including phenoxy) is 2. The van der Waals surface area contributed by atoms with E-state index >= 15 is 0 Å². The fourth-order valence-electron chi connectivity index (χ4n) is 4.58. The molecule has 3 aromatic carbocycles. The van der Waals surface area contributed by atoms with Crippen molar-refractivity contribution in [1.29, 1.82) is 0 Å². The Morgan fingerprint density at radius 2 is 1.54 bits per heavy atom. The molecule has 1 aromatic heterocycles. The third-order valence-corrected chi connectivity index (χ3v) is 7.06. The number of halogens is 1. The lowest BCUT2D eigenvalue weighted by molar-refractivity contribution is -0.131. The van der Waals surface area contributed by atoms with Crippen molar-refractivity contribution in [3.05, 3.63) is 83.9 Å². The van der Waals surface area contributed by atoms with Crippen molar-refractivity contribution in [2.24, 2.45) is 5.41 Å². The first kappa shape index (κ1) is 26.1. The molecule has 0 unspecified atom stereocenters. The molecule has 6 rings (SSSR count). The predicted octanol–water partition coefficient (Wildman–Crippen LogP) is 5.75. The fourth-order valence-corrected chi connectivity index (χ4v) is 4.58. The van der Waals surface area contributed by atoms with Crippen LogP contribution in [0.3, 0.4) is 0 Å². The number of nitrogens with zero attached hydrogens (tertiary/aromatic N) is 2. The Balaban J connectivity index is 1.13. The molecule has 0 bridgehead atoms. The second kappa shape index (κ2) is 10.4. The molecule has 10 nitrogen and oxygen atoms in total. The highest BCUT2D eigenvalue weighted by atomic mass is 19.1. The number of hydrogen-bond acceptors (Lipinski definition) is 8. The number of carbonyl (C=O) groups is 2. The molecule has 11 heteroatoms. The Labute approximate surface area is 235 Å². The Bertz CT molecular complexity index is 1640. The van der Waals surface area contributed by atoms with Crippen LogP contribution in [-0.4, -0.2) is 28.9 Å². The second-order valence-electron chi connectivity index (χ2n) is 9.92. The monoisotopic (exact) mass is 554 g/mol. The number of carbonyl (C=O) groups excluding carboxylic acids is 2. The highest BCUT2D eigenvalue weighted by Gasteiger charge is 2.56. The molecule has 2 aliphatic rings. The van der Waals surface area contributed by atoms with Crippen LogP contribution in [0.15, 0.2) is 66.7 Å². The van der Waals surface area contributed by atoms with Crippen molar-refractivity contribution in [1.82, 2.24) is 9.97 Å². The SMILES string of the molecule is COc1ccc2c(c1)CNc1c(nc(C)nc1Oc1ccc(NC(=O)C3(C(=O)Nc4ccc(F)cc4)CC3)cc1)N2. The van der Waals surface area contributed by atoms with Gasteiger partial charge in [-0.05, 0) is 92.1 Å². The minimum atomic E-state index is -1.15. The summed E-state index contributed by atoms with van der Waals surface area (Å²) in [6.45, 7) is 2.30. The van der Waals surface area contributed by atoms with Gasteiger partial charge in [0.2, 0.25) is 17.7 Å². The van der Waals surface area contributed by atoms with E-state index in [0.29, 0.717) is 59.7 Å². The molecular weight excluding hydrogens is 527 g/mol. The normalized spacial score (nSPS) is 14.2. The first-order chi connectivity index (χ1) is 19.8. The minimum absolute atomic E-state index is 0.353. The Kier molecular flexibility index (Phi) is 6.62. The van der Waals surface area contributed by atoms with Crippen LogP contribution in [-0.2, 0) is 16.1 Å². The predicted molar refractivity (Wildman–Crippen MR) is 152 cm³/mol. The average molecular weight is 555 g/mol. The van der Waals surface area contributed by atoms with Crippen molar-refractivity contribution in [2.75, 3.05) is 28.4 Å². The Hall–Kier alpha value is -5.19. The number of rotatable bonds is 7. The van der Waals surface area contributed by atoms with Crippen molar-refractivity contribution in [2.45, 2.75) is 26.3 Å². The number of benzene rings is 3. The number of anilines is 5. The van der Waals surface area contributed by atoms with Crippen LogP contribution in [0.25, 0.3) is 0 Å². The zero-order chi connectivity index (χ0) is 28.6. The molecule has 1 aliphatic heterocycles.